The number of hydrogen-bond donors (Lipinski definition) is 1. The molecule has 1 aromatic rings. The molecule has 0 radical (unpaired) electrons. The van der Waals surface area contributed by atoms with Gasteiger partial charge in [-0.05, 0) is 37.0 Å². The molecule has 1 aliphatic rings. The minimum absolute atomic E-state index is 0.0603. The SMILES string of the molecule is C#Cc1ccc([C@@H](CO)OC2CCCCO2)cc1. The van der Waals surface area contributed by atoms with Crippen molar-refractivity contribution in [2.45, 2.75) is 31.7 Å². The van der Waals surface area contributed by atoms with Gasteiger partial charge in [-0.3, -0.25) is 0 Å². The molecule has 1 unspecified atom stereocenters. The molecule has 0 aromatic heterocycles. The molecule has 2 rings (SSSR count). The monoisotopic (exact) mass is 246 g/mol. The van der Waals surface area contributed by atoms with Crippen LogP contribution in [0.3, 0.4) is 0 Å². The Hall–Kier alpha value is -1.34. The molecule has 1 aromatic carbocycles. The Balaban J connectivity index is 2.00. The van der Waals surface area contributed by atoms with Crippen molar-refractivity contribution >= 4 is 0 Å². The Morgan fingerprint density at radius 2 is 2.17 bits per heavy atom. The summed E-state index contributed by atoms with van der Waals surface area (Å²) in [6.45, 7) is 0.675. The summed E-state index contributed by atoms with van der Waals surface area (Å²) in [6.07, 6.45) is 7.84. The molecular formula is C15H18O3. The van der Waals surface area contributed by atoms with Crippen LogP contribution >= 0.6 is 0 Å². The molecule has 2 atom stereocenters. The number of benzene rings is 1. The van der Waals surface area contributed by atoms with E-state index in [4.69, 9.17) is 15.9 Å². The molecule has 0 spiro atoms. The average Bonchev–Trinajstić information content (AvgIpc) is 2.46. The van der Waals surface area contributed by atoms with Gasteiger partial charge in [-0.15, -0.1) is 6.42 Å². The minimum Gasteiger partial charge on any atom is -0.393 e. The van der Waals surface area contributed by atoms with Gasteiger partial charge in [-0.2, -0.15) is 0 Å². The Morgan fingerprint density at radius 3 is 2.72 bits per heavy atom. The molecule has 3 nitrogen and oxygen atoms in total. The first-order valence-corrected chi connectivity index (χ1v) is 6.28. The van der Waals surface area contributed by atoms with Gasteiger partial charge in [0.2, 0.25) is 0 Å². The predicted octanol–water partition coefficient (Wildman–Crippen LogP) is 2.24. The van der Waals surface area contributed by atoms with E-state index in [9.17, 15) is 5.11 Å². The summed E-state index contributed by atoms with van der Waals surface area (Å²) in [6, 6.07) is 7.48. The largest absolute Gasteiger partial charge is 0.393 e. The third-order valence-corrected chi connectivity index (χ3v) is 3.07. The van der Waals surface area contributed by atoms with E-state index in [0.717, 1.165) is 37.0 Å². The van der Waals surface area contributed by atoms with E-state index in [1.807, 2.05) is 24.3 Å². The molecule has 96 valence electrons. The summed E-state index contributed by atoms with van der Waals surface area (Å²) in [4.78, 5) is 0. The Bertz CT molecular complexity index is 399. The Kier molecular flexibility index (Phi) is 4.77. The second-order valence-corrected chi connectivity index (χ2v) is 4.37. The van der Waals surface area contributed by atoms with Crippen LogP contribution in [-0.2, 0) is 9.47 Å². The molecule has 1 fully saturated rings. The highest BCUT2D eigenvalue weighted by atomic mass is 16.7. The van der Waals surface area contributed by atoms with Crippen LogP contribution in [0.25, 0.3) is 0 Å². The zero-order valence-electron chi connectivity index (χ0n) is 10.3. The van der Waals surface area contributed by atoms with Gasteiger partial charge in [0.15, 0.2) is 6.29 Å². The molecule has 3 heteroatoms. The second-order valence-electron chi connectivity index (χ2n) is 4.37. The molecule has 1 heterocycles. The smallest absolute Gasteiger partial charge is 0.158 e. The molecule has 0 saturated carbocycles. The normalized spacial score (nSPS) is 21.2. The average molecular weight is 246 g/mol. The maximum Gasteiger partial charge on any atom is 0.158 e. The van der Waals surface area contributed by atoms with Crippen LogP contribution in [0, 0.1) is 12.3 Å². The third kappa shape index (κ3) is 3.33. The molecule has 18 heavy (non-hydrogen) atoms. The van der Waals surface area contributed by atoms with Crippen molar-refractivity contribution in [1.82, 2.24) is 0 Å². The van der Waals surface area contributed by atoms with Crippen molar-refractivity contribution in [2.75, 3.05) is 13.2 Å². The van der Waals surface area contributed by atoms with Crippen molar-refractivity contribution in [3.63, 3.8) is 0 Å². The first kappa shape index (κ1) is 13.1. The standard InChI is InChI=1S/C15H18O3/c1-2-12-6-8-13(9-7-12)14(11-16)18-15-5-3-4-10-17-15/h1,6-9,14-16H,3-5,10-11H2/t14-,15?/m1/s1. The van der Waals surface area contributed by atoms with Crippen LogP contribution in [0.2, 0.25) is 0 Å². The number of rotatable bonds is 4. The van der Waals surface area contributed by atoms with Crippen LogP contribution in [0.15, 0.2) is 24.3 Å². The first-order chi connectivity index (χ1) is 8.83. The maximum absolute atomic E-state index is 9.42. The van der Waals surface area contributed by atoms with Crippen molar-refractivity contribution < 1.29 is 14.6 Å². The minimum atomic E-state index is -0.347. The van der Waals surface area contributed by atoms with Gasteiger partial charge in [0, 0.05) is 12.2 Å². The summed E-state index contributed by atoms with van der Waals surface area (Å²) in [5.41, 5.74) is 1.75. The van der Waals surface area contributed by atoms with E-state index in [2.05, 4.69) is 5.92 Å². The Morgan fingerprint density at radius 1 is 1.39 bits per heavy atom. The molecule has 1 N–H and O–H groups in total. The van der Waals surface area contributed by atoms with E-state index in [1.54, 1.807) is 0 Å². The molecule has 0 aliphatic carbocycles. The van der Waals surface area contributed by atoms with Gasteiger partial charge >= 0.3 is 0 Å². The number of hydrogen-bond acceptors (Lipinski definition) is 3. The highest BCUT2D eigenvalue weighted by Gasteiger charge is 2.20. The lowest BCUT2D eigenvalue weighted by Crippen LogP contribution is -2.25. The topological polar surface area (TPSA) is 38.7 Å². The van der Waals surface area contributed by atoms with Crippen LogP contribution in [0.4, 0.5) is 0 Å². The molecule has 1 saturated heterocycles. The van der Waals surface area contributed by atoms with Crippen molar-refractivity contribution in [2.24, 2.45) is 0 Å². The zero-order valence-corrected chi connectivity index (χ0v) is 10.3. The van der Waals surface area contributed by atoms with Crippen LogP contribution in [0.5, 0.6) is 0 Å². The summed E-state index contributed by atoms with van der Waals surface area (Å²) >= 11 is 0. The summed E-state index contributed by atoms with van der Waals surface area (Å²) in [7, 11) is 0. The Labute approximate surface area is 108 Å². The molecular weight excluding hydrogens is 228 g/mol. The molecule has 1 aliphatic heterocycles. The number of aliphatic hydroxyl groups excluding tert-OH is 1. The number of ether oxygens (including phenoxy) is 2. The highest BCUT2D eigenvalue weighted by Crippen LogP contribution is 2.23. The first-order valence-electron chi connectivity index (χ1n) is 6.28. The fourth-order valence-corrected chi connectivity index (χ4v) is 2.02. The van der Waals surface area contributed by atoms with Crippen molar-refractivity contribution in [3.05, 3.63) is 35.4 Å². The lowest BCUT2D eigenvalue weighted by molar-refractivity contribution is -0.196. The van der Waals surface area contributed by atoms with Crippen LogP contribution in [-0.4, -0.2) is 24.6 Å². The summed E-state index contributed by atoms with van der Waals surface area (Å²) in [5, 5.41) is 9.42. The fraction of sp³-hybridized carbons (Fsp3) is 0.467. The third-order valence-electron chi connectivity index (χ3n) is 3.07. The van der Waals surface area contributed by atoms with Gasteiger partial charge in [0.1, 0.15) is 6.10 Å². The number of aliphatic hydroxyl groups is 1. The van der Waals surface area contributed by atoms with E-state index >= 15 is 0 Å². The van der Waals surface area contributed by atoms with Crippen LogP contribution in [0.1, 0.15) is 36.5 Å². The van der Waals surface area contributed by atoms with Gasteiger partial charge in [-0.25, -0.2) is 0 Å². The fourth-order valence-electron chi connectivity index (χ4n) is 2.02. The maximum atomic E-state index is 9.42. The van der Waals surface area contributed by atoms with E-state index < -0.39 is 0 Å². The van der Waals surface area contributed by atoms with Gasteiger partial charge in [0.25, 0.3) is 0 Å². The van der Waals surface area contributed by atoms with E-state index in [0.29, 0.717) is 0 Å². The highest BCUT2D eigenvalue weighted by molar-refractivity contribution is 5.34. The van der Waals surface area contributed by atoms with Crippen molar-refractivity contribution in [3.8, 4) is 12.3 Å². The van der Waals surface area contributed by atoms with Gasteiger partial charge in [-0.1, -0.05) is 18.1 Å². The molecule has 0 amide bonds. The quantitative estimate of drug-likeness (QED) is 0.828. The van der Waals surface area contributed by atoms with Gasteiger partial charge in [0.05, 0.1) is 6.61 Å². The van der Waals surface area contributed by atoms with Crippen molar-refractivity contribution in [1.29, 1.82) is 0 Å². The van der Waals surface area contributed by atoms with Crippen LogP contribution < -0.4 is 0 Å². The summed E-state index contributed by atoms with van der Waals surface area (Å²) in [5.74, 6) is 2.56. The predicted molar refractivity (Wildman–Crippen MR) is 68.9 cm³/mol. The lowest BCUT2D eigenvalue weighted by atomic mass is 10.1. The van der Waals surface area contributed by atoms with E-state index in [-0.39, 0.29) is 19.0 Å². The number of terminal acetylenes is 1. The lowest BCUT2D eigenvalue weighted by Gasteiger charge is -2.27. The van der Waals surface area contributed by atoms with Gasteiger partial charge < -0.3 is 14.6 Å². The summed E-state index contributed by atoms with van der Waals surface area (Å²) < 4.78 is 11.3. The second kappa shape index (κ2) is 6.55. The molecule has 0 bridgehead atoms. The van der Waals surface area contributed by atoms with E-state index in [1.165, 1.54) is 0 Å². The zero-order chi connectivity index (χ0) is 12.8.